The molecule has 2 heterocycles. The van der Waals surface area contributed by atoms with Crippen LogP contribution in [0.5, 0.6) is 0 Å². The van der Waals surface area contributed by atoms with Crippen LogP contribution in [0.2, 0.25) is 0 Å². The van der Waals surface area contributed by atoms with Gasteiger partial charge in [0.05, 0.1) is 26.4 Å². The Morgan fingerprint density at radius 3 is 1.46 bits per heavy atom. The van der Waals surface area contributed by atoms with Gasteiger partial charge in [0, 0.05) is 11.1 Å². The summed E-state index contributed by atoms with van der Waals surface area (Å²) in [7, 11) is 0. The Labute approximate surface area is 165 Å². The van der Waals surface area contributed by atoms with Crippen molar-refractivity contribution in [2.75, 3.05) is 26.4 Å². The van der Waals surface area contributed by atoms with E-state index in [2.05, 4.69) is 47.4 Å². The van der Waals surface area contributed by atoms with Gasteiger partial charge in [-0.25, -0.2) is 0 Å². The zero-order valence-electron chi connectivity index (χ0n) is 15.3. The molecule has 0 radical (unpaired) electrons. The van der Waals surface area contributed by atoms with Crippen molar-refractivity contribution in [1.29, 1.82) is 0 Å². The fourth-order valence-electron chi connectivity index (χ4n) is 2.77. The highest BCUT2D eigenvalue weighted by Crippen LogP contribution is 2.20. The first kappa shape index (κ1) is 18.4. The normalized spacial score (nSPS) is 22.4. The molecule has 2 aliphatic heterocycles. The quantitative estimate of drug-likeness (QED) is 0.657. The predicted octanol–water partition coefficient (Wildman–Crippen LogP) is 2.23. The molecule has 2 fully saturated rings. The van der Waals surface area contributed by atoms with Crippen molar-refractivity contribution in [3.8, 4) is 47.4 Å². The molecule has 0 atom stereocenters. The van der Waals surface area contributed by atoms with E-state index in [0.29, 0.717) is 26.4 Å². The van der Waals surface area contributed by atoms with Gasteiger partial charge >= 0.3 is 11.6 Å². The number of allylic oxidation sites excluding steroid dienone is 2. The zero-order chi connectivity index (χ0) is 19.1. The number of ether oxygens (including phenoxy) is 4. The van der Waals surface area contributed by atoms with Crippen molar-refractivity contribution in [1.82, 2.24) is 0 Å². The molecule has 4 heteroatoms. The van der Waals surface area contributed by atoms with E-state index in [1.54, 1.807) is 12.2 Å². The van der Waals surface area contributed by atoms with Crippen LogP contribution in [0, 0.1) is 47.4 Å². The zero-order valence-corrected chi connectivity index (χ0v) is 15.3. The topological polar surface area (TPSA) is 36.9 Å². The van der Waals surface area contributed by atoms with Crippen molar-refractivity contribution in [3.63, 3.8) is 0 Å². The minimum atomic E-state index is -1.24. The first-order chi connectivity index (χ1) is 13.8. The van der Waals surface area contributed by atoms with Crippen LogP contribution in [0.25, 0.3) is 0 Å². The van der Waals surface area contributed by atoms with Gasteiger partial charge in [-0.1, -0.05) is 35.8 Å². The van der Waals surface area contributed by atoms with Crippen LogP contribution in [-0.2, 0) is 18.9 Å². The van der Waals surface area contributed by atoms with Crippen LogP contribution >= 0.6 is 0 Å². The Morgan fingerprint density at radius 1 is 0.607 bits per heavy atom. The Bertz CT molecular complexity index is 926. The summed E-state index contributed by atoms with van der Waals surface area (Å²) in [6.07, 6.45) is 4.88. The monoisotopic (exact) mass is 370 g/mol. The smallest absolute Gasteiger partial charge is 0.301 e. The molecule has 1 aromatic rings. The summed E-state index contributed by atoms with van der Waals surface area (Å²) in [5.41, 5.74) is 1.50. The maximum atomic E-state index is 5.76. The molecule has 1 aromatic carbocycles. The molecule has 0 aromatic heterocycles. The van der Waals surface area contributed by atoms with E-state index in [4.69, 9.17) is 18.9 Å². The van der Waals surface area contributed by atoms with Gasteiger partial charge in [0.15, 0.2) is 0 Å². The molecule has 28 heavy (non-hydrogen) atoms. The van der Waals surface area contributed by atoms with E-state index >= 15 is 0 Å². The Morgan fingerprint density at radius 2 is 1.04 bits per heavy atom. The maximum absolute atomic E-state index is 5.76. The average molecular weight is 370 g/mol. The standard InChI is InChI=1S/C24H18O4/c1-2-6-14-24(27-19-8-20-28-24)16-12-22-10-4-3-9-21(22)11-15-23(13-5-1)25-17-7-18-26-23/h1-4,9-10H,7-8,17-20H2/b2-1-. The van der Waals surface area contributed by atoms with Crippen LogP contribution in [0.1, 0.15) is 24.0 Å². The molecule has 4 rings (SSSR count). The molecule has 3 aliphatic rings. The van der Waals surface area contributed by atoms with Crippen molar-refractivity contribution in [2.45, 2.75) is 24.4 Å². The predicted molar refractivity (Wildman–Crippen MR) is 103 cm³/mol. The number of benzene rings is 1. The molecule has 0 saturated carbocycles. The fourth-order valence-corrected chi connectivity index (χ4v) is 2.77. The van der Waals surface area contributed by atoms with E-state index in [9.17, 15) is 0 Å². The lowest BCUT2D eigenvalue weighted by Gasteiger charge is -2.28. The number of hydrogen-bond donors (Lipinski definition) is 0. The Hall–Kier alpha value is -2.96. The highest BCUT2D eigenvalue weighted by molar-refractivity contribution is 5.52. The SMILES string of the molecule is C1#CC2(C#Cc3ccccc3C#CC3(C#C/C=C\1)OCCCO3)OCCCO2. The van der Waals surface area contributed by atoms with Gasteiger partial charge in [-0.2, -0.15) is 0 Å². The molecule has 0 N–H and O–H groups in total. The van der Waals surface area contributed by atoms with E-state index in [0.717, 1.165) is 24.0 Å². The Balaban J connectivity index is 1.81. The van der Waals surface area contributed by atoms with E-state index in [1.807, 2.05) is 24.3 Å². The van der Waals surface area contributed by atoms with Crippen molar-refractivity contribution in [3.05, 3.63) is 47.5 Å². The molecule has 2 saturated heterocycles. The third kappa shape index (κ3) is 4.30. The fraction of sp³-hybridized carbons (Fsp3) is 0.333. The second kappa shape index (κ2) is 8.37. The van der Waals surface area contributed by atoms with Crippen LogP contribution in [0.15, 0.2) is 36.4 Å². The second-order valence-electron chi connectivity index (χ2n) is 6.25. The van der Waals surface area contributed by atoms with Gasteiger partial charge in [-0.3, -0.25) is 0 Å². The van der Waals surface area contributed by atoms with Gasteiger partial charge < -0.3 is 18.9 Å². The van der Waals surface area contributed by atoms with Gasteiger partial charge in [-0.15, -0.1) is 0 Å². The van der Waals surface area contributed by atoms with Gasteiger partial charge in [-0.05, 0) is 60.8 Å². The maximum Gasteiger partial charge on any atom is 0.301 e. The average Bonchev–Trinajstić information content (AvgIpc) is 2.75. The third-order valence-electron chi connectivity index (χ3n) is 4.17. The highest BCUT2D eigenvalue weighted by Gasteiger charge is 2.32. The largest absolute Gasteiger partial charge is 0.330 e. The summed E-state index contributed by atoms with van der Waals surface area (Å²) in [4.78, 5) is 0. The molecule has 0 unspecified atom stereocenters. The molecule has 2 spiro atoms. The number of rotatable bonds is 0. The molecule has 4 nitrogen and oxygen atoms in total. The van der Waals surface area contributed by atoms with Crippen LogP contribution in [-0.4, -0.2) is 38.0 Å². The molecular formula is C24H18O4. The molecule has 1 aliphatic carbocycles. The van der Waals surface area contributed by atoms with Crippen LogP contribution in [0.3, 0.4) is 0 Å². The lowest BCUT2D eigenvalue weighted by molar-refractivity contribution is -0.193. The second-order valence-corrected chi connectivity index (χ2v) is 6.25. The van der Waals surface area contributed by atoms with Crippen molar-refractivity contribution >= 4 is 0 Å². The minimum absolute atomic E-state index is 0.547. The number of hydrogen-bond acceptors (Lipinski definition) is 4. The molecule has 0 bridgehead atoms. The Kier molecular flexibility index (Phi) is 5.50. The molecule has 138 valence electrons. The summed E-state index contributed by atoms with van der Waals surface area (Å²) in [5.74, 6) is 21.6. The summed E-state index contributed by atoms with van der Waals surface area (Å²) in [5, 5.41) is 0. The summed E-state index contributed by atoms with van der Waals surface area (Å²) in [6.45, 7) is 2.19. The third-order valence-corrected chi connectivity index (χ3v) is 4.17. The lowest BCUT2D eigenvalue weighted by Crippen LogP contribution is -2.38. The molecular weight excluding hydrogens is 352 g/mol. The van der Waals surface area contributed by atoms with E-state index < -0.39 is 11.6 Å². The summed E-state index contributed by atoms with van der Waals surface area (Å²) < 4.78 is 23.0. The van der Waals surface area contributed by atoms with Gasteiger partial charge in [0.25, 0.3) is 0 Å². The first-order valence-electron chi connectivity index (χ1n) is 9.21. The first-order valence-corrected chi connectivity index (χ1v) is 9.21. The highest BCUT2D eigenvalue weighted by atomic mass is 16.7. The van der Waals surface area contributed by atoms with Crippen LogP contribution in [0.4, 0.5) is 0 Å². The molecule has 0 amide bonds. The van der Waals surface area contributed by atoms with Gasteiger partial charge in [0.2, 0.25) is 0 Å². The lowest BCUT2D eigenvalue weighted by atomic mass is 10.1. The van der Waals surface area contributed by atoms with Crippen LogP contribution < -0.4 is 0 Å². The van der Waals surface area contributed by atoms with Gasteiger partial charge in [0.1, 0.15) is 0 Å². The minimum Gasteiger partial charge on any atom is -0.330 e. The van der Waals surface area contributed by atoms with E-state index in [1.165, 1.54) is 0 Å². The van der Waals surface area contributed by atoms with Crippen molar-refractivity contribution in [2.24, 2.45) is 0 Å². The summed E-state index contributed by atoms with van der Waals surface area (Å²) in [6, 6.07) is 7.61. The summed E-state index contributed by atoms with van der Waals surface area (Å²) >= 11 is 0. The number of fused-ring (bicyclic) bond motifs is 1. The van der Waals surface area contributed by atoms with E-state index in [-0.39, 0.29) is 0 Å². The van der Waals surface area contributed by atoms with Crippen molar-refractivity contribution < 1.29 is 18.9 Å².